The molecule has 7 heteroatoms. The molecule has 1 aromatic heterocycles. The average Bonchev–Trinajstić information content (AvgIpc) is 3.08. The van der Waals surface area contributed by atoms with E-state index in [0.717, 1.165) is 5.39 Å². The van der Waals surface area contributed by atoms with Crippen LogP contribution in [0.25, 0.3) is 11.0 Å². The number of rotatable bonds is 4. The largest absolute Gasteiger partial charge is 0.453 e. The van der Waals surface area contributed by atoms with Crippen LogP contribution in [0.15, 0.2) is 52.9 Å². The van der Waals surface area contributed by atoms with E-state index < -0.39 is 4.92 Å². The summed E-state index contributed by atoms with van der Waals surface area (Å²) in [6.07, 6.45) is 0.632. The Morgan fingerprint density at radius 1 is 1.15 bits per heavy atom. The number of benzene rings is 2. The Morgan fingerprint density at radius 3 is 2.73 bits per heavy atom. The predicted octanol–water partition coefficient (Wildman–Crippen LogP) is 3.50. The standard InChI is InChI=1S/C19H14N2O5/c22-16(18-10-13-3-1-2-4-17(13)26-18)11-20-15-7-6-14(21(24)25)9-12(15)5-8-19(20)23/h1-4,6-7,9-10H,5,8,11H2. The number of aryl methyl sites for hydroxylation is 1. The molecule has 26 heavy (non-hydrogen) atoms. The van der Waals surface area contributed by atoms with E-state index in [1.807, 2.05) is 18.2 Å². The molecule has 1 aliphatic heterocycles. The highest BCUT2D eigenvalue weighted by Gasteiger charge is 2.28. The van der Waals surface area contributed by atoms with Crippen LogP contribution < -0.4 is 4.90 Å². The van der Waals surface area contributed by atoms with Crippen LogP contribution in [-0.2, 0) is 11.2 Å². The van der Waals surface area contributed by atoms with Gasteiger partial charge in [-0.1, -0.05) is 18.2 Å². The summed E-state index contributed by atoms with van der Waals surface area (Å²) in [5, 5.41) is 11.8. The summed E-state index contributed by atoms with van der Waals surface area (Å²) in [7, 11) is 0. The number of non-ortho nitro benzene ring substituents is 1. The van der Waals surface area contributed by atoms with Crippen LogP contribution in [0.2, 0.25) is 0 Å². The van der Waals surface area contributed by atoms with Gasteiger partial charge >= 0.3 is 0 Å². The molecule has 4 rings (SSSR count). The van der Waals surface area contributed by atoms with E-state index in [4.69, 9.17) is 4.42 Å². The van der Waals surface area contributed by atoms with Gasteiger partial charge in [0, 0.05) is 29.6 Å². The van der Waals surface area contributed by atoms with Crippen molar-refractivity contribution in [1.29, 1.82) is 0 Å². The van der Waals surface area contributed by atoms with Gasteiger partial charge in [0.15, 0.2) is 5.76 Å². The van der Waals surface area contributed by atoms with Crippen molar-refractivity contribution in [3.63, 3.8) is 0 Å². The van der Waals surface area contributed by atoms with Gasteiger partial charge in [-0.3, -0.25) is 19.7 Å². The topological polar surface area (TPSA) is 93.7 Å². The van der Waals surface area contributed by atoms with Gasteiger partial charge in [0.1, 0.15) is 5.58 Å². The fourth-order valence-electron chi connectivity index (χ4n) is 3.17. The molecule has 0 atom stereocenters. The Morgan fingerprint density at radius 2 is 1.96 bits per heavy atom. The molecule has 0 saturated heterocycles. The fraction of sp³-hybridized carbons (Fsp3) is 0.158. The Hall–Kier alpha value is -3.48. The minimum Gasteiger partial charge on any atom is -0.453 e. The monoisotopic (exact) mass is 350 g/mol. The van der Waals surface area contributed by atoms with Gasteiger partial charge in [0.05, 0.1) is 11.5 Å². The highest BCUT2D eigenvalue weighted by molar-refractivity contribution is 6.06. The van der Waals surface area contributed by atoms with Crippen LogP contribution in [-0.4, -0.2) is 23.2 Å². The fourth-order valence-corrected chi connectivity index (χ4v) is 3.17. The summed E-state index contributed by atoms with van der Waals surface area (Å²) in [5.41, 5.74) is 1.81. The van der Waals surface area contributed by atoms with Crippen LogP contribution in [0.4, 0.5) is 11.4 Å². The highest BCUT2D eigenvalue weighted by Crippen LogP contribution is 2.31. The minimum absolute atomic E-state index is 0.0262. The molecule has 0 saturated carbocycles. The lowest BCUT2D eigenvalue weighted by molar-refractivity contribution is -0.384. The molecule has 2 heterocycles. The van der Waals surface area contributed by atoms with Gasteiger partial charge in [0.25, 0.3) is 5.69 Å². The molecule has 0 radical (unpaired) electrons. The summed E-state index contributed by atoms with van der Waals surface area (Å²) in [6.45, 7) is -0.163. The zero-order chi connectivity index (χ0) is 18.3. The number of nitrogens with zero attached hydrogens (tertiary/aromatic N) is 2. The van der Waals surface area contributed by atoms with Crippen molar-refractivity contribution in [1.82, 2.24) is 0 Å². The zero-order valence-electron chi connectivity index (χ0n) is 13.7. The van der Waals surface area contributed by atoms with Crippen molar-refractivity contribution in [2.24, 2.45) is 0 Å². The predicted molar refractivity (Wildman–Crippen MR) is 94.3 cm³/mol. The maximum atomic E-state index is 12.6. The molecule has 0 N–H and O–H groups in total. The number of carbonyl (C=O) groups excluding carboxylic acids is 2. The number of furan rings is 1. The SMILES string of the molecule is O=C(CN1C(=O)CCc2cc([N+](=O)[O-])ccc21)c1cc2ccccc2o1. The van der Waals surface area contributed by atoms with Gasteiger partial charge in [-0.25, -0.2) is 0 Å². The second kappa shape index (κ2) is 6.11. The van der Waals surface area contributed by atoms with Crippen LogP contribution in [0.5, 0.6) is 0 Å². The van der Waals surface area contributed by atoms with Crippen LogP contribution in [0.1, 0.15) is 22.5 Å². The van der Waals surface area contributed by atoms with Gasteiger partial charge in [-0.15, -0.1) is 0 Å². The lowest BCUT2D eigenvalue weighted by Crippen LogP contribution is -2.39. The number of para-hydroxylation sites is 1. The summed E-state index contributed by atoms with van der Waals surface area (Å²) in [5.74, 6) is -0.315. The highest BCUT2D eigenvalue weighted by atomic mass is 16.6. The Labute approximate surface area is 148 Å². The van der Waals surface area contributed by atoms with Crippen molar-refractivity contribution in [2.75, 3.05) is 11.4 Å². The number of Topliss-reactive ketones (excluding diaryl/α,β-unsaturated/α-hetero) is 1. The van der Waals surface area contributed by atoms with Crippen molar-refractivity contribution in [3.05, 3.63) is 70.0 Å². The van der Waals surface area contributed by atoms with E-state index in [0.29, 0.717) is 23.3 Å². The van der Waals surface area contributed by atoms with E-state index in [1.165, 1.54) is 23.1 Å². The van der Waals surface area contributed by atoms with Crippen LogP contribution >= 0.6 is 0 Å². The number of amides is 1. The quantitative estimate of drug-likeness (QED) is 0.408. The molecule has 130 valence electrons. The molecule has 3 aromatic rings. The molecule has 2 aromatic carbocycles. The van der Waals surface area contributed by atoms with E-state index >= 15 is 0 Å². The molecule has 0 spiro atoms. The molecular formula is C19H14N2O5. The van der Waals surface area contributed by atoms with E-state index in [-0.39, 0.29) is 36.1 Å². The maximum Gasteiger partial charge on any atom is 0.269 e. The first-order chi connectivity index (χ1) is 12.5. The molecule has 0 fully saturated rings. The van der Waals surface area contributed by atoms with Gasteiger partial charge < -0.3 is 9.32 Å². The first-order valence-corrected chi connectivity index (χ1v) is 8.12. The number of carbonyl (C=O) groups is 2. The number of hydrogen-bond donors (Lipinski definition) is 0. The lowest BCUT2D eigenvalue weighted by Gasteiger charge is -2.28. The molecular weight excluding hydrogens is 336 g/mol. The van der Waals surface area contributed by atoms with Gasteiger partial charge in [-0.05, 0) is 30.2 Å². The van der Waals surface area contributed by atoms with Gasteiger partial charge in [0.2, 0.25) is 11.7 Å². The van der Waals surface area contributed by atoms with Crippen molar-refractivity contribution in [3.8, 4) is 0 Å². The minimum atomic E-state index is -0.472. The molecule has 0 bridgehead atoms. The molecule has 7 nitrogen and oxygen atoms in total. The number of nitro groups is 1. The Kier molecular flexibility index (Phi) is 3.76. The third-order valence-corrected chi connectivity index (χ3v) is 4.48. The summed E-state index contributed by atoms with van der Waals surface area (Å²) in [4.78, 5) is 36.8. The van der Waals surface area contributed by atoms with E-state index in [1.54, 1.807) is 12.1 Å². The second-order valence-corrected chi connectivity index (χ2v) is 6.12. The number of fused-ring (bicyclic) bond motifs is 2. The van der Waals surface area contributed by atoms with Crippen LogP contribution in [0, 0.1) is 10.1 Å². The van der Waals surface area contributed by atoms with Crippen LogP contribution in [0.3, 0.4) is 0 Å². The first-order valence-electron chi connectivity index (χ1n) is 8.12. The van der Waals surface area contributed by atoms with E-state index in [2.05, 4.69) is 0 Å². The lowest BCUT2D eigenvalue weighted by atomic mass is 10.00. The van der Waals surface area contributed by atoms with Crippen molar-refractivity contribution >= 4 is 34.0 Å². The first kappa shape index (κ1) is 16.0. The number of nitro benzene ring substituents is 1. The summed E-state index contributed by atoms with van der Waals surface area (Å²) < 4.78 is 5.57. The van der Waals surface area contributed by atoms with Gasteiger partial charge in [-0.2, -0.15) is 0 Å². The molecule has 1 amide bonds. The summed E-state index contributed by atoms with van der Waals surface area (Å²) >= 11 is 0. The average molecular weight is 350 g/mol. The number of ketones is 1. The van der Waals surface area contributed by atoms with Crippen molar-refractivity contribution < 1.29 is 18.9 Å². The van der Waals surface area contributed by atoms with E-state index in [9.17, 15) is 19.7 Å². The Balaban J connectivity index is 1.64. The Bertz CT molecular complexity index is 1020. The third kappa shape index (κ3) is 2.73. The third-order valence-electron chi connectivity index (χ3n) is 4.48. The normalized spacial score (nSPS) is 13.7. The zero-order valence-corrected chi connectivity index (χ0v) is 13.7. The summed E-state index contributed by atoms with van der Waals surface area (Å²) in [6, 6.07) is 13.3. The number of hydrogen-bond acceptors (Lipinski definition) is 5. The molecule has 1 aliphatic rings. The second-order valence-electron chi connectivity index (χ2n) is 6.12. The molecule has 0 aliphatic carbocycles. The van der Waals surface area contributed by atoms with Crippen molar-refractivity contribution in [2.45, 2.75) is 12.8 Å². The maximum absolute atomic E-state index is 12.6. The smallest absolute Gasteiger partial charge is 0.269 e. The number of anilines is 1. The molecule has 0 unspecified atom stereocenters.